The molecule has 0 aromatic carbocycles. The van der Waals surface area contributed by atoms with Crippen molar-refractivity contribution in [2.75, 3.05) is 11.5 Å². The number of hydrogen-bond acceptors (Lipinski definition) is 6. The maximum atomic E-state index is 11.3. The summed E-state index contributed by atoms with van der Waals surface area (Å²) in [5, 5.41) is 0. The lowest BCUT2D eigenvalue weighted by Gasteiger charge is -1.94. The number of nitrogen functional groups attached to an aromatic ring is 2. The lowest BCUT2D eigenvalue weighted by Crippen LogP contribution is -2.31. The molecular weight excluding hydrogens is 490 g/mol. The van der Waals surface area contributed by atoms with Crippen molar-refractivity contribution >= 4 is 48.7 Å². The molecule has 34 heavy (non-hydrogen) atoms. The summed E-state index contributed by atoms with van der Waals surface area (Å²) < 4.78 is 81.3. The van der Waals surface area contributed by atoms with Crippen molar-refractivity contribution in [2.45, 2.75) is 0 Å². The standard InChI is InChI=1S/2C6H7N5O.2BF4/c2*1-11-2-8-4-3(11)5(12)10-6(7)9-4;2*2-1(3,4)5/h2*2H,1H3,(H3,7,9,10,12);;/q;;2*-1/p+2. The Bertz CT molecular complexity index is 1240. The number of nitrogens with zero attached hydrogens (tertiary/aromatic N) is 4. The van der Waals surface area contributed by atoms with Crippen LogP contribution in [0.15, 0.2) is 22.2 Å². The van der Waals surface area contributed by atoms with E-state index in [0.717, 1.165) is 0 Å². The molecule has 0 saturated heterocycles. The first-order valence-electron chi connectivity index (χ1n) is 8.56. The molecule has 4 rings (SSSR count). The number of rotatable bonds is 0. The van der Waals surface area contributed by atoms with E-state index in [1.54, 1.807) is 35.9 Å². The summed E-state index contributed by atoms with van der Waals surface area (Å²) in [7, 11) is -8.49. The minimum absolute atomic E-state index is 0.120. The zero-order chi connectivity index (χ0) is 26.4. The molecular formula is C12H16B2F8N10O2. The van der Waals surface area contributed by atoms with Crippen molar-refractivity contribution in [3.05, 3.63) is 33.4 Å². The molecule has 4 heterocycles. The van der Waals surface area contributed by atoms with Crippen LogP contribution in [0.3, 0.4) is 0 Å². The summed E-state index contributed by atoms with van der Waals surface area (Å²) in [6.45, 7) is 0. The summed E-state index contributed by atoms with van der Waals surface area (Å²) >= 11 is 0. The van der Waals surface area contributed by atoms with Gasteiger partial charge in [0.05, 0.1) is 14.1 Å². The van der Waals surface area contributed by atoms with Gasteiger partial charge in [0, 0.05) is 0 Å². The van der Waals surface area contributed by atoms with E-state index in [4.69, 9.17) is 11.5 Å². The Balaban J connectivity index is 0.000000248. The van der Waals surface area contributed by atoms with Crippen LogP contribution < -0.4 is 31.7 Å². The van der Waals surface area contributed by atoms with E-state index in [1.165, 1.54) is 0 Å². The summed E-state index contributed by atoms with van der Waals surface area (Å²) in [5.74, 6) is 0.241. The number of nitrogens with two attached hydrogens (primary N) is 2. The molecule has 0 amide bonds. The molecule has 0 unspecified atom stereocenters. The minimum atomic E-state index is -6.00. The highest BCUT2D eigenvalue weighted by Crippen LogP contribution is 2.07. The molecule has 4 aromatic rings. The van der Waals surface area contributed by atoms with Gasteiger partial charge in [0.1, 0.15) is 0 Å². The van der Waals surface area contributed by atoms with Crippen molar-refractivity contribution < 1.29 is 43.7 Å². The van der Waals surface area contributed by atoms with Crippen LogP contribution in [-0.4, -0.2) is 44.4 Å². The number of halogens is 8. The molecule has 0 saturated carbocycles. The molecule has 0 aliphatic heterocycles. The SMILES string of the molecule is C[n+]1c[nH]c2nc(N)[nH]c(=O)c21.C[n+]1c[nH]c2nc(N)[nH]c(=O)c21.F[B-](F)(F)F.F[B-](F)(F)F. The molecule has 0 radical (unpaired) electrons. The lowest BCUT2D eigenvalue weighted by atomic mass is 10.3. The number of aromatic nitrogens is 8. The molecule has 188 valence electrons. The van der Waals surface area contributed by atoms with Crippen LogP contribution in [-0.2, 0) is 14.1 Å². The van der Waals surface area contributed by atoms with Gasteiger partial charge in [0.25, 0.3) is 22.3 Å². The Morgan fingerprint density at radius 1 is 0.706 bits per heavy atom. The van der Waals surface area contributed by atoms with Crippen LogP contribution in [0.25, 0.3) is 22.3 Å². The Kier molecular flexibility index (Phi) is 8.75. The van der Waals surface area contributed by atoms with Gasteiger partial charge >= 0.3 is 25.6 Å². The van der Waals surface area contributed by atoms with E-state index in [9.17, 15) is 44.1 Å². The number of imidazole rings is 2. The number of aromatic amines is 4. The zero-order valence-corrected chi connectivity index (χ0v) is 17.1. The number of fused-ring (bicyclic) bond motifs is 2. The summed E-state index contributed by atoms with van der Waals surface area (Å²) in [5.41, 5.74) is 12.2. The largest absolute Gasteiger partial charge is 0.673 e. The van der Waals surface area contributed by atoms with E-state index in [2.05, 4.69) is 29.9 Å². The van der Waals surface area contributed by atoms with Crippen molar-refractivity contribution in [2.24, 2.45) is 14.1 Å². The van der Waals surface area contributed by atoms with E-state index in [1.807, 2.05) is 0 Å². The molecule has 0 spiro atoms. The van der Waals surface area contributed by atoms with Gasteiger partial charge < -0.3 is 46.0 Å². The van der Waals surface area contributed by atoms with Crippen LogP contribution >= 0.6 is 0 Å². The molecule has 12 nitrogen and oxygen atoms in total. The van der Waals surface area contributed by atoms with Crippen molar-refractivity contribution in [3.8, 4) is 0 Å². The predicted molar refractivity (Wildman–Crippen MR) is 105 cm³/mol. The molecule has 8 N–H and O–H groups in total. The van der Waals surface area contributed by atoms with Gasteiger partial charge in [-0.05, 0) is 0 Å². The normalized spacial score (nSPS) is 11.1. The van der Waals surface area contributed by atoms with Gasteiger partial charge in [0.15, 0.2) is 0 Å². The molecule has 22 heteroatoms. The quantitative estimate of drug-likeness (QED) is 0.110. The van der Waals surface area contributed by atoms with Gasteiger partial charge in [-0.2, -0.15) is 9.97 Å². The van der Waals surface area contributed by atoms with E-state index < -0.39 is 14.5 Å². The van der Waals surface area contributed by atoms with Crippen LogP contribution in [0, 0.1) is 0 Å². The highest BCUT2D eigenvalue weighted by molar-refractivity contribution is 6.50. The van der Waals surface area contributed by atoms with E-state index in [-0.39, 0.29) is 23.0 Å². The van der Waals surface area contributed by atoms with Gasteiger partial charge in [-0.1, -0.05) is 0 Å². The van der Waals surface area contributed by atoms with E-state index >= 15 is 0 Å². The second-order valence-electron chi connectivity index (χ2n) is 6.06. The van der Waals surface area contributed by atoms with Crippen molar-refractivity contribution in [1.82, 2.24) is 29.9 Å². The molecule has 0 atom stereocenters. The average molecular weight is 506 g/mol. The molecule has 4 aromatic heterocycles. The third-order valence-electron chi connectivity index (χ3n) is 3.32. The second kappa shape index (κ2) is 10.7. The fraction of sp³-hybridized carbons (Fsp3) is 0.167. The van der Waals surface area contributed by atoms with E-state index in [0.29, 0.717) is 22.3 Å². The first-order chi connectivity index (χ1) is 15.4. The molecule has 0 aliphatic rings. The minimum Gasteiger partial charge on any atom is -0.418 e. The van der Waals surface area contributed by atoms with Crippen LogP contribution in [0.1, 0.15) is 0 Å². The first-order valence-corrected chi connectivity index (χ1v) is 8.56. The molecule has 0 aliphatic carbocycles. The Morgan fingerprint density at radius 3 is 1.24 bits per heavy atom. The van der Waals surface area contributed by atoms with Crippen LogP contribution in [0.5, 0.6) is 0 Å². The summed E-state index contributed by atoms with van der Waals surface area (Å²) in [6.07, 6.45) is 3.29. The monoisotopic (exact) mass is 506 g/mol. The number of anilines is 2. The number of nitrogens with one attached hydrogen (secondary N) is 4. The van der Waals surface area contributed by atoms with Crippen LogP contribution in [0.4, 0.5) is 46.4 Å². The number of H-pyrrole nitrogens is 4. The van der Waals surface area contributed by atoms with Gasteiger partial charge in [0.2, 0.25) is 24.6 Å². The lowest BCUT2D eigenvalue weighted by molar-refractivity contribution is -0.645. The number of hydrogen-bond donors (Lipinski definition) is 6. The van der Waals surface area contributed by atoms with Crippen molar-refractivity contribution in [1.29, 1.82) is 0 Å². The number of aryl methyl sites for hydroxylation is 2. The third-order valence-corrected chi connectivity index (χ3v) is 3.32. The fourth-order valence-corrected chi connectivity index (χ4v) is 2.27. The predicted octanol–water partition coefficient (Wildman–Crippen LogP) is -0.0842. The van der Waals surface area contributed by atoms with Gasteiger partial charge in [-0.15, -0.1) is 0 Å². The van der Waals surface area contributed by atoms with Crippen molar-refractivity contribution in [3.63, 3.8) is 0 Å². The maximum Gasteiger partial charge on any atom is 0.673 e. The van der Waals surface area contributed by atoms with Gasteiger partial charge in [-0.3, -0.25) is 19.6 Å². The Labute approximate surface area is 182 Å². The Hall–Kier alpha value is -4.13. The maximum absolute atomic E-state index is 11.3. The third kappa shape index (κ3) is 9.56. The highest BCUT2D eigenvalue weighted by atomic mass is 19.5. The van der Waals surface area contributed by atoms with Gasteiger partial charge in [-0.25, -0.2) is 19.1 Å². The molecule has 0 fully saturated rings. The molecule has 0 bridgehead atoms. The topological polar surface area (TPSA) is 183 Å². The summed E-state index contributed by atoms with van der Waals surface area (Å²) in [4.78, 5) is 40.8. The average Bonchev–Trinajstić information content (AvgIpc) is 3.15. The first kappa shape index (κ1) is 27.9. The zero-order valence-electron chi connectivity index (χ0n) is 17.1. The highest BCUT2D eigenvalue weighted by Gasteiger charge is 2.21. The summed E-state index contributed by atoms with van der Waals surface area (Å²) in [6, 6.07) is 0. The smallest absolute Gasteiger partial charge is 0.418 e. The van der Waals surface area contributed by atoms with Crippen LogP contribution in [0.2, 0.25) is 0 Å². The Morgan fingerprint density at radius 2 is 0.971 bits per heavy atom. The fourth-order valence-electron chi connectivity index (χ4n) is 2.27. The second-order valence-corrected chi connectivity index (χ2v) is 6.06.